The third kappa shape index (κ3) is 1.33. The topological polar surface area (TPSA) is 84.7 Å². The summed E-state index contributed by atoms with van der Waals surface area (Å²) < 4.78 is 4.73. The maximum Gasteiger partial charge on any atom is 0.410 e. The minimum absolute atomic E-state index is 0.113. The number of hydrogen-bond donors (Lipinski definition) is 2. The zero-order chi connectivity index (χ0) is 9.42. The Labute approximate surface area is 75.0 Å². The van der Waals surface area contributed by atoms with Crippen molar-refractivity contribution in [2.24, 2.45) is 5.73 Å². The van der Waals surface area contributed by atoms with Crippen LogP contribution in [0, 0.1) is 0 Å². The molecule has 0 aromatic carbocycles. The number of amides is 2. The smallest absolute Gasteiger partial charge is 0.410 e. The van der Waals surface area contributed by atoms with Gasteiger partial charge in [-0.05, 0) is 0 Å². The molecule has 0 bridgehead atoms. The first-order valence-corrected chi connectivity index (χ1v) is 4.16. The molecule has 13 heavy (non-hydrogen) atoms. The highest BCUT2D eigenvalue weighted by Gasteiger charge is 2.39. The highest BCUT2D eigenvalue weighted by atomic mass is 16.6. The zero-order valence-electron chi connectivity index (χ0n) is 7.03. The summed E-state index contributed by atoms with van der Waals surface area (Å²) in [4.78, 5) is 23.3. The van der Waals surface area contributed by atoms with Gasteiger partial charge in [0.15, 0.2) is 0 Å². The number of carbonyl (C=O) groups excluding carboxylic acids is 2. The Morgan fingerprint density at radius 3 is 2.85 bits per heavy atom. The minimum Gasteiger partial charge on any atom is -0.448 e. The molecule has 2 saturated heterocycles. The summed E-state index contributed by atoms with van der Waals surface area (Å²) in [6.45, 7) is 1.46. The maximum atomic E-state index is 11.0. The van der Waals surface area contributed by atoms with Crippen LogP contribution in [0.3, 0.4) is 0 Å². The molecule has 0 aromatic rings. The summed E-state index contributed by atoms with van der Waals surface area (Å²) in [6.07, 6.45) is -0.326. The van der Waals surface area contributed by atoms with E-state index in [0.29, 0.717) is 19.7 Å². The van der Waals surface area contributed by atoms with Crippen LogP contribution in [0.4, 0.5) is 4.79 Å². The Kier molecular flexibility index (Phi) is 1.84. The SMILES string of the molecule is N[C@@H]1C(=O)N[C@@H]1CN1CCOC1=O. The summed E-state index contributed by atoms with van der Waals surface area (Å²) in [7, 11) is 0. The van der Waals surface area contributed by atoms with Crippen LogP contribution in [0.5, 0.6) is 0 Å². The summed E-state index contributed by atoms with van der Waals surface area (Å²) in [5.74, 6) is -0.155. The zero-order valence-corrected chi connectivity index (χ0v) is 7.03. The Bertz CT molecular complexity index is 255. The third-order valence-electron chi connectivity index (χ3n) is 2.33. The number of β-lactam (4-membered cyclic amide) rings is 1. The molecule has 6 heteroatoms. The molecule has 2 amide bonds. The molecule has 3 N–H and O–H groups in total. The number of carbonyl (C=O) groups is 2. The first-order chi connectivity index (χ1) is 6.18. The van der Waals surface area contributed by atoms with Crippen molar-refractivity contribution in [1.29, 1.82) is 0 Å². The van der Waals surface area contributed by atoms with E-state index < -0.39 is 6.04 Å². The van der Waals surface area contributed by atoms with Gasteiger partial charge in [-0.3, -0.25) is 4.79 Å². The van der Waals surface area contributed by atoms with Gasteiger partial charge >= 0.3 is 6.09 Å². The van der Waals surface area contributed by atoms with Crippen molar-refractivity contribution >= 4 is 12.0 Å². The average molecular weight is 185 g/mol. The Hall–Kier alpha value is -1.30. The number of cyclic esters (lactones) is 1. The molecule has 0 spiro atoms. The average Bonchev–Trinajstić information content (AvgIpc) is 2.51. The summed E-state index contributed by atoms with van der Waals surface area (Å²) in [5.41, 5.74) is 5.50. The van der Waals surface area contributed by atoms with E-state index in [-0.39, 0.29) is 18.0 Å². The van der Waals surface area contributed by atoms with Crippen LogP contribution in [-0.4, -0.2) is 48.7 Å². The summed E-state index contributed by atoms with van der Waals surface area (Å²) in [6, 6.07) is -0.591. The van der Waals surface area contributed by atoms with Crippen molar-refractivity contribution in [3.63, 3.8) is 0 Å². The van der Waals surface area contributed by atoms with E-state index in [1.165, 1.54) is 0 Å². The van der Waals surface area contributed by atoms with E-state index in [4.69, 9.17) is 10.5 Å². The highest BCUT2D eigenvalue weighted by Crippen LogP contribution is 2.09. The van der Waals surface area contributed by atoms with Crippen molar-refractivity contribution < 1.29 is 14.3 Å². The van der Waals surface area contributed by atoms with Crippen molar-refractivity contribution in [3.05, 3.63) is 0 Å². The summed E-state index contributed by atoms with van der Waals surface area (Å²) in [5, 5.41) is 2.63. The highest BCUT2D eigenvalue weighted by molar-refractivity contribution is 5.89. The fourth-order valence-corrected chi connectivity index (χ4v) is 1.44. The first-order valence-electron chi connectivity index (χ1n) is 4.16. The molecule has 6 nitrogen and oxygen atoms in total. The molecule has 2 aliphatic heterocycles. The van der Waals surface area contributed by atoms with E-state index in [9.17, 15) is 9.59 Å². The van der Waals surface area contributed by atoms with Crippen molar-refractivity contribution in [2.45, 2.75) is 12.1 Å². The van der Waals surface area contributed by atoms with Gasteiger partial charge in [-0.2, -0.15) is 0 Å². The van der Waals surface area contributed by atoms with Gasteiger partial charge < -0.3 is 20.7 Å². The van der Waals surface area contributed by atoms with E-state index >= 15 is 0 Å². The van der Waals surface area contributed by atoms with Crippen LogP contribution >= 0.6 is 0 Å². The fraction of sp³-hybridized carbons (Fsp3) is 0.714. The molecular weight excluding hydrogens is 174 g/mol. The van der Waals surface area contributed by atoms with Gasteiger partial charge in [-0.25, -0.2) is 4.79 Å². The molecule has 2 heterocycles. The van der Waals surface area contributed by atoms with Crippen LogP contribution in [0.25, 0.3) is 0 Å². The molecular formula is C7H11N3O3. The normalized spacial score (nSPS) is 32.5. The number of hydrogen-bond acceptors (Lipinski definition) is 4. The van der Waals surface area contributed by atoms with E-state index in [1.54, 1.807) is 4.90 Å². The third-order valence-corrected chi connectivity index (χ3v) is 2.33. The number of nitrogens with two attached hydrogens (primary N) is 1. The Morgan fingerprint density at radius 1 is 1.62 bits per heavy atom. The lowest BCUT2D eigenvalue weighted by Gasteiger charge is -2.35. The van der Waals surface area contributed by atoms with Crippen molar-refractivity contribution in [3.8, 4) is 0 Å². The van der Waals surface area contributed by atoms with Crippen LogP contribution in [0.15, 0.2) is 0 Å². The van der Waals surface area contributed by atoms with Gasteiger partial charge in [0.25, 0.3) is 0 Å². The minimum atomic E-state index is -0.478. The quantitative estimate of drug-likeness (QED) is 0.500. The Balaban J connectivity index is 1.85. The van der Waals surface area contributed by atoms with E-state index in [2.05, 4.69) is 5.32 Å². The molecule has 0 unspecified atom stereocenters. The molecule has 0 radical (unpaired) electrons. The van der Waals surface area contributed by atoms with Gasteiger partial charge in [0, 0.05) is 6.54 Å². The second-order valence-corrected chi connectivity index (χ2v) is 3.20. The second-order valence-electron chi connectivity index (χ2n) is 3.20. The monoisotopic (exact) mass is 185 g/mol. The van der Waals surface area contributed by atoms with Gasteiger partial charge in [-0.15, -0.1) is 0 Å². The van der Waals surface area contributed by atoms with Crippen LogP contribution in [-0.2, 0) is 9.53 Å². The first kappa shape index (κ1) is 8.31. The number of nitrogens with one attached hydrogen (secondary N) is 1. The standard InChI is InChI=1S/C7H11N3O3/c8-5-4(9-6(5)11)3-10-1-2-13-7(10)12/h4-5H,1-3,8H2,(H,9,11)/t4-,5+/m1/s1. The van der Waals surface area contributed by atoms with Crippen molar-refractivity contribution in [1.82, 2.24) is 10.2 Å². The number of ether oxygens (including phenoxy) is 1. The number of rotatable bonds is 2. The molecule has 2 atom stereocenters. The second kappa shape index (κ2) is 2.88. The predicted octanol–water partition coefficient (Wildman–Crippen LogP) is -1.74. The fourth-order valence-electron chi connectivity index (χ4n) is 1.44. The molecule has 2 fully saturated rings. The van der Waals surface area contributed by atoms with Crippen LogP contribution in [0.2, 0.25) is 0 Å². The molecule has 0 aliphatic carbocycles. The largest absolute Gasteiger partial charge is 0.448 e. The lowest BCUT2D eigenvalue weighted by atomic mass is 10.00. The van der Waals surface area contributed by atoms with E-state index in [1.807, 2.05) is 0 Å². The van der Waals surface area contributed by atoms with Gasteiger partial charge in [0.05, 0.1) is 12.6 Å². The lowest BCUT2D eigenvalue weighted by molar-refractivity contribution is -0.130. The molecule has 72 valence electrons. The van der Waals surface area contributed by atoms with Crippen LogP contribution < -0.4 is 11.1 Å². The molecule has 0 aromatic heterocycles. The maximum absolute atomic E-state index is 11.0. The van der Waals surface area contributed by atoms with Crippen molar-refractivity contribution in [2.75, 3.05) is 19.7 Å². The molecule has 0 saturated carbocycles. The van der Waals surface area contributed by atoms with Gasteiger partial charge in [-0.1, -0.05) is 0 Å². The molecule has 2 rings (SSSR count). The number of nitrogens with zero attached hydrogens (tertiary/aromatic N) is 1. The van der Waals surface area contributed by atoms with Gasteiger partial charge in [0.1, 0.15) is 12.6 Å². The van der Waals surface area contributed by atoms with E-state index in [0.717, 1.165) is 0 Å². The van der Waals surface area contributed by atoms with Gasteiger partial charge in [0.2, 0.25) is 5.91 Å². The van der Waals surface area contributed by atoms with Crippen LogP contribution in [0.1, 0.15) is 0 Å². The predicted molar refractivity (Wildman–Crippen MR) is 42.8 cm³/mol. The lowest BCUT2D eigenvalue weighted by Crippen LogP contribution is -2.69. The molecule has 2 aliphatic rings. The summed E-state index contributed by atoms with van der Waals surface area (Å²) >= 11 is 0. The Morgan fingerprint density at radius 2 is 2.38 bits per heavy atom.